The topological polar surface area (TPSA) is 96.3 Å². The van der Waals surface area contributed by atoms with Gasteiger partial charge in [-0.1, -0.05) is 77.7 Å². The van der Waals surface area contributed by atoms with Gasteiger partial charge in [-0.3, -0.25) is 14.5 Å². The van der Waals surface area contributed by atoms with Crippen molar-refractivity contribution in [3.05, 3.63) is 111 Å². The molecule has 1 N–H and O–H groups in total. The van der Waals surface area contributed by atoms with Gasteiger partial charge < -0.3 is 5.11 Å². The Labute approximate surface area is 241 Å². The molecule has 0 spiro atoms. The number of aryl methyl sites for hydroxylation is 2. The fourth-order valence-corrected chi connectivity index (χ4v) is 7.52. The number of aliphatic hydroxyl groups is 1. The van der Waals surface area contributed by atoms with Crippen LogP contribution in [-0.2, 0) is 10.5 Å². The average Bonchev–Trinajstić information content (AvgIpc) is 3.63. The molecule has 40 heavy (non-hydrogen) atoms. The molecule has 0 bridgehead atoms. The van der Waals surface area contributed by atoms with E-state index in [1.807, 2.05) is 18.2 Å². The summed E-state index contributed by atoms with van der Waals surface area (Å²) in [6.07, 6.45) is 0. The molecule has 0 radical (unpaired) electrons. The van der Waals surface area contributed by atoms with Crippen LogP contribution < -0.4 is 4.90 Å². The lowest BCUT2D eigenvalue weighted by molar-refractivity contribution is -0.117. The lowest BCUT2D eigenvalue weighted by Gasteiger charge is -2.24. The standard InChI is InChI=1S/C29H21FN4O3S3/c1-15-26(39-16(2)31-15)24(35)22-23(18-10-12-20(30)13-11-18)34(27(37)25(22)36)28-32-33-29(40-28)38-14-19-8-5-7-17-6-3-4-9-21(17)19/h3-13,23,36H,14H2,1-2H3. The lowest BCUT2D eigenvalue weighted by Crippen LogP contribution is -2.31. The van der Waals surface area contributed by atoms with Crippen LogP contribution >= 0.6 is 34.4 Å². The summed E-state index contributed by atoms with van der Waals surface area (Å²) in [5.41, 5.74) is 2.02. The first-order valence-electron chi connectivity index (χ1n) is 12.3. The second-order valence-corrected chi connectivity index (χ2v) is 12.5. The molecule has 1 unspecified atom stereocenters. The van der Waals surface area contributed by atoms with Gasteiger partial charge in [0.05, 0.1) is 27.2 Å². The number of carbonyl (C=O) groups excluding carboxylic acids is 2. The van der Waals surface area contributed by atoms with E-state index in [9.17, 15) is 19.1 Å². The second kappa shape index (κ2) is 10.6. The third-order valence-electron chi connectivity index (χ3n) is 6.58. The van der Waals surface area contributed by atoms with E-state index in [2.05, 4.69) is 39.4 Å². The van der Waals surface area contributed by atoms with Crippen LogP contribution in [-0.4, -0.2) is 32.0 Å². The highest BCUT2D eigenvalue weighted by molar-refractivity contribution is 8.00. The number of carbonyl (C=O) groups is 2. The summed E-state index contributed by atoms with van der Waals surface area (Å²) < 4.78 is 14.4. The van der Waals surface area contributed by atoms with E-state index in [0.717, 1.165) is 16.3 Å². The first-order chi connectivity index (χ1) is 19.3. The molecule has 200 valence electrons. The van der Waals surface area contributed by atoms with E-state index >= 15 is 0 Å². The number of thiazole rings is 1. The molecule has 3 heterocycles. The number of ketones is 1. The second-order valence-electron chi connectivity index (χ2n) is 9.15. The van der Waals surface area contributed by atoms with Crippen molar-refractivity contribution in [2.24, 2.45) is 0 Å². The van der Waals surface area contributed by atoms with Crippen LogP contribution in [0.15, 0.2) is 82.4 Å². The molecule has 1 atom stereocenters. The Morgan fingerprint density at radius 3 is 2.52 bits per heavy atom. The molecule has 0 fully saturated rings. The Kier molecular flexibility index (Phi) is 6.95. The van der Waals surface area contributed by atoms with Crippen LogP contribution in [0.3, 0.4) is 0 Å². The minimum absolute atomic E-state index is 0.0940. The molecular formula is C29H21FN4O3S3. The zero-order valence-corrected chi connectivity index (χ0v) is 23.7. The summed E-state index contributed by atoms with van der Waals surface area (Å²) in [4.78, 5) is 33.1. The number of fused-ring (bicyclic) bond motifs is 1. The van der Waals surface area contributed by atoms with Crippen molar-refractivity contribution < 1.29 is 19.1 Å². The van der Waals surface area contributed by atoms with Crippen molar-refractivity contribution in [3.63, 3.8) is 0 Å². The number of halogens is 1. The van der Waals surface area contributed by atoms with Gasteiger partial charge in [0.1, 0.15) is 5.82 Å². The van der Waals surface area contributed by atoms with Crippen LogP contribution in [0.25, 0.3) is 10.8 Å². The van der Waals surface area contributed by atoms with Crippen LogP contribution in [0.4, 0.5) is 9.52 Å². The Morgan fingerprint density at radius 2 is 1.77 bits per heavy atom. The van der Waals surface area contributed by atoms with Crippen LogP contribution in [0, 0.1) is 19.7 Å². The third-order valence-corrected chi connectivity index (χ3v) is 9.76. The number of hydrogen-bond acceptors (Lipinski definition) is 9. The van der Waals surface area contributed by atoms with Crippen molar-refractivity contribution in [2.75, 3.05) is 4.90 Å². The highest BCUT2D eigenvalue weighted by atomic mass is 32.2. The molecule has 0 aliphatic carbocycles. The first-order valence-corrected chi connectivity index (χ1v) is 14.9. The minimum Gasteiger partial charge on any atom is -0.503 e. The van der Waals surface area contributed by atoms with Gasteiger partial charge in [0, 0.05) is 5.75 Å². The zero-order chi connectivity index (χ0) is 28.0. The summed E-state index contributed by atoms with van der Waals surface area (Å²) in [5, 5.41) is 22.8. The smallest absolute Gasteiger partial charge is 0.296 e. The SMILES string of the molecule is Cc1nc(C)c(C(=O)C2=C(O)C(=O)N(c3nnc(SCc4cccc5ccccc45)s3)C2c2ccc(F)cc2)s1. The van der Waals surface area contributed by atoms with Gasteiger partial charge in [0.25, 0.3) is 5.91 Å². The average molecular weight is 589 g/mol. The number of Topliss-reactive ketones (excluding diaryl/α,β-unsaturated/α-hetero) is 1. The van der Waals surface area contributed by atoms with Crippen LogP contribution in [0.5, 0.6) is 0 Å². The molecule has 1 aliphatic heterocycles. The summed E-state index contributed by atoms with van der Waals surface area (Å²) in [6.45, 7) is 3.49. The molecular weight excluding hydrogens is 568 g/mol. The Morgan fingerprint density at radius 1 is 1.02 bits per heavy atom. The van der Waals surface area contributed by atoms with E-state index < -0.39 is 29.3 Å². The highest BCUT2D eigenvalue weighted by Crippen LogP contribution is 2.44. The van der Waals surface area contributed by atoms with Gasteiger partial charge >= 0.3 is 0 Å². The molecule has 7 nitrogen and oxygen atoms in total. The number of nitrogens with zero attached hydrogens (tertiary/aromatic N) is 4. The highest BCUT2D eigenvalue weighted by Gasteiger charge is 2.46. The molecule has 1 aliphatic rings. The predicted molar refractivity (Wildman–Crippen MR) is 156 cm³/mol. The monoisotopic (exact) mass is 588 g/mol. The maximum Gasteiger partial charge on any atom is 0.296 e. The number of benzene rings is 3. The third kappa shape index (κ3) is 4.70. The van der Waals surface area contributed by atoms with Crippen molar-refractivity contribution in [1.29, 1.82) is 0 Å². The zero-order valence-electron chi connectivity index (χ0n) is 21.3. The fraction of sp³-hybridized carbons (Fsp3) is 0.138. The number of amides is 1. The van der Waals surface area contributed by atoms with Gasteiger partial charge in [-0.15, -0.1) is 21.5 Å². The van der Waals surface area contributed by atoms with Crippen molar-refractivity contribution in [2.45, 2.75) is 30.0 Å². The molecule has 1 amide bonds. The van der Waals surface area contributed by atoms with Crippen molar-refractivity contribution in [3.8, 4) is 0 Å². The molecule has 0 saturated heterocycles. The van der Waals surface area contributed by atoms with E-state index in [0.29, 0.717) is 31.2 Å². The van der Waals surface area contributed by atoms with Gasteiger partial charge in [0.15, 0.2) is 10.1 Å². The van der Waals surface area contributed by atoms with E-state index in [4.69, 9.17) is 0 Å². The Bertz CT molecular complexity index is 1810. The van der Waals surface area contributed by atoms with E-state index in [1.165, 1.54) is 63.6 Å². The van der Waals surface area contributed by atoms with E-state index in [-0.39, 0.29) is 10.7 Å². The summed E-state index contributed by atoms with van der Waals surface area (Å²) in [7, 11) is 0. The van der Waals surface area contributed by atoms with Gasteiger partial charge in [-0.2, -0.15) is 0 Å². The van der Waals surface area contributed by atoms with Crippen LogP contribution in [0.1, 0.15) is 37.5 Å². The van der Waals surface area contributed by atoms with E-state index in [1.54, 1.807) is 13.8 Å². The number of rotatable bonds is 7. The molecule has 6 rings (SSSR count). The molecule has 2 aromatic heterocycles. The number of aliphatic hydroxyl groups excluding tert-OH is 1. The first kappa shape index (κ1) is 26.3. The number of thioether (sulfide) groups is 1. The van der Waals surface area contributed by atoms with Gasteiger partial charge in [0.2, 0.25) is 10.9 Å². The van der Waals surface area contributed by atoms with Crippen molar-refractivity contribution in [1.82, 2.24) is 15.2 Å². The quantitative estimate of drug-likeness (QED) is 0.124. The minimum atomic E-state index is -1.01. The van der Waals surface area contributed by atoms with Gasteiger partial charge in [-0.05, 0) is 47.9 Å². The molecule has 5 aromatic rings. The van der Waals surface area contributed by atoms with Crippen LogP contribution in [0.2, 0.25) is 0 Å². The Hall–Kier alpha value is -3.93. The van der Waals surface area contributed by atoms with Crippen molar-refractivity contribution >= 4 is 62.0 Å². The summed E-state index contributed by atoms with van der Waals surface area (Å²) >= 11 is 3.87. The number of hydrogen-bond donors (Lipinski definition) is 1. The summed E-state index contributed by atoms with van der Waals surface area (Å²) in [5.74, 6) is -1.75. The predicted octanol–water partition coefficient (Wildman–Crippen LogP) is 6.98. The van der Waals surface area contributed by atoms with Gasteiger partial charge in [-0.25, -0.2) is 9.37 Å². The maximum absolute atomic E-state index is 13.8. The number of anilines is 1. The fourth-order valence-electron chi connectivity index (χ4n) is 4.78. The molecule has 3 aromatic carbocycles. The normalized spacial score (nSPS) is 15.4. The number of aromatic nitrogens is 3. The molecule has 0 saturated carbocycles. The summed E-state index contributed by atoms with van der Waals surface area (Å²) in [6, 6.07) is 18.8. The largest absolute Gasteiger partial charge is 0.503 e. The lowest BCUT2D eigenvalue weighted by atomic mass is 9.95. The maximum atomic E-state index is 13.8. The Balaban J connectivity index is 1.34. The molecule has 11 heteroatoms.